The number of carbonyl (C=O) groups excluding carboxylic acids is 2. The van der Waals surface area contributed by atoms with Crippen molar-refractivity contribution in [3.05, 3.63) is 54.0 Å². The van der Waals surface area contributed by atoms with Crippen LogP contribution in [-0.2, 0) is 9.59 Å². The van der Waals surface area contributed by atoms with Crippen LogP contribution in [0, 0.1) is 0 Å². The third-order valence-corrected chi connectivity index (χ3v) is 5.15. The van der Waals surface area contributed by atoms with E-state index in [1.165, 1.54) is 5.01 Å². The molecule has 2 aromatic rings. The molecule has 1 aromatic carbocycles. The minimum absolute atomic E-state index is 0.0615. The Hall–Kier alpha value is -3.13. The van der Waals surface area contributed by atoms with Crippen LogP contribution in [0.4, 0.5) is 0 Å². The first-order chi connectivity index (χ1) is 14.5. The van der Waals surface area contributed by atoms with Gasteiger partial charge in [0, 0.05) is 13.0 Å². The van der Waals surface area contributed by atoms with Crippen LogP contribution in [0.3, 0.4) is 0 Å². The standard InChI is InChI=1S/C22H28N4O4/c1-4-23-21(27)14-25(5-2)15-22(28)26-19(20-7-6-12-30-20)13-18(24-26)16-8-10-17(29-3)11-9-16/h6-12,19H,4-5,13-15H2,1-3H3,(H,23,27)/p+1/t19-/m1/s1. The number of hydrogen-bond donors (Lipinski definition) is 2. The molecule has 3 rings (SSSR count). The topological polar surface area (TPSA) is 88.6 Å². The van der Waals surface area contributed by atoms with E-state index in [9.17, 15) is 9.59 Å². The van der Waals surface area contributed by atoms with Crippen molar-refractivity contribution < 1.29 is 23.6 Å². The van der Waals surface area contributed by atoms with Crippen LogP contribution in [0.5, 0.6) is 5.75 Å². The molecule has 8 heteroatoms. The predicted octanol–water partition coefficient (Wildman–Crippen LogP) is 1.01. The van der Waals surface area contributed by atoms with E-state index in [2.05, 4.69) is 10.4 Å². The second-order valence-electron chi connectivity index (χ2n) is 7.16. The largest absolute Gasteiger partial charge is 0.497 e. The molecule has 0 fully saturated rings. The van der Waals surface area contributed by atoms with Gasteiger partial charge >= 0.3 is 0 Å². The zero-order valence-electron chi connectivity index (χ0n) is 17.7. The maximum atomic E-state index is 13.1. The lowest BCUT2D eigenvalue weighted by atomic mass is 10.0. The first kappa shape index (κ1) is 21.6. The third-order valence-electron chi connectivity index (χ3n) is 5.15. The molecule has 1 aromatic heterocycles. The fourth-order valence-electron chi connectivity index (χ4n) is 3.49. The van der Waals surface area contributed by atoms with E-state index < -0.39 is 0 Å². The molecule has 2 N–H and O–H groups in total. The van der Waals surface area contributed by atoms with Crippen molar-refractivity contribution in [3.8, 4) is 5.75 Å². The van der Waals surface area contributed by atoms with Gasteiger partial charge in [-0.15, -0.1) is 0 Å². The summed E-state index contributed by atoms with van der Waals surface area (Å²) in [4.78, 5) is 26.0. The summed E-state index contributed by atoms with van der Waals surface area (Å²) in [5.74, 6) is 1.26. The minimum atomic E-state index is -0.299. The zero-order chi connectivity index (χ0) is 21.5. The van der Waals surface area contributed by atoms with E-state index in [-0.39, 0.29) is 30.9 Å². The van der Waals surface area contributed by atoms with Crippen LogP contribution in [0.1, 0.15) is 37.6 Å². The molecule has 8 nitrogen and oxygen atoms in total. The molecule has 30 heavy (non-hydrogen) atoms. The number of nitrogens with zero attached hydrogens (tertiary/aromatic N) is 2. The van der Waals surface area contributed by atoms with Crippen molar-refractivity contribution in [3.63, 3.8) is 0 Å². The lowest BCUT2D eigenvalue weighted by Gasteiger charge is -2.22. The van der Waals surface area contributed by atoms with E-state index in [4.69, 9.17) is 9.15 Å². The monoisotopic (exact) mass is 413 g/mol. The lowest BCUT2D eigenvalue weighted by molar-refractivity contribution is -0.882. The van der Waals surface area contributed by atoms with Gasteiger partial charge in [-0.2, -0.15) is 5.10 Å². The van der Waals surface area contributed by atoms with Crippen LogP contribution in [-0.4, -0.2) is 55.8 Å². The summed E-state index contributed by atoms with van der Waals surface area (Å²) in [6, 6.07) is 11.0. The second kappa shape index (κ2) is 10.1. The molecule has 160 valence electrons. The van der Waals surface area contributed by atoms with E-state index >= 15 is 0 Å². The molecule has 0 saturated heterocycles. The summed E-state index contributed by atoms with van der Waals surface area (Å²) in [7, 11) is 1.62. The van der Waals surface area contributed by atoms with Crippen molar-refractivity contribution in [2.45, 2.75) is 26.3 Å². The van der Waals surface area contributed by atoms with Crippen LogP contribution >= 0.6 is 0 Å². The number of likely N-dealkylation sites (N-methyl/N-ethyl adjacent to an activating group) is 2. The molecular weight excluding hydrogens is 384 g/mol. The molecule has 1 aliphatic rings. The molecule has 0 spiro atoms. The van der Waals surface area contributed by atoms with Crippen molar-refractivity contribution in [1.82, 2.24) is 10.3 Å². The molecule has 0 radical (unpaired) electrons. The van der Waals surface area contributed by atoms with Gasteiger partial charge in [0.25, 0.3) is 11.8 Å². The van der Waals surface area contributed by atoms with E-state index in [0.29, 0.717) is 25.3 Å². The van der Waals surface area contributed by atoms with E-state index in [1.807, 2.05) is 50.2 Å². The number of carbonyl (C=O) groups is 2. The highest BCUT2D eigenvalue weighted by molar-refractivity contribution is 6.03. The van der Waals surface area contributed by atoms with Gasteiger partial charge < -0.3 is 19.4 Å². The fraction of sp³-hybridized carbons (Fsp3) is 0.409. The van der Waals surface area contributed by atoms with Crippen molar-refractivity contribution >= 4 is 17.5 Å². The molecule has 0 aliphatic carbocycles. The summed E-state index contributed by atoms with van der Waals surface area (Å²) in [6.45, 7) is 5.52. The number of hydrogen-bond acceptors (Lipinski definition) is 5. The summed E-state index contributed by atoms with van der Waals surface area (Å²) < 4.78 is 10.8. The Balaban J connectivity index is 1.79. The Kier molecular flexibility index (Phi) is 7.24. The first-order valence-electron chi connectivity index (χ1n) is 10.2. The highest BCUT2D eigenvalue weighted by atomic mass is 16.5. The van der Waals surface area contributed by atoms with E-state index in [1.54, 1.807) is 13.4 Å². The molecule has 2 amide bonds. The Morgan fingerprint density at radius 1 is 1.23 bits per heavy atom. The van der Waals surface area contributed by atoms with Gasteiger partial charge in [0.05, 0.1) is 25.6 Å². The van der Waals surface area contributed by atoms with Crippen LogP contribution < -0.4 is 15.0 Å². The third kappa shape index (κ3) is 5.07. The van der Waals surface area contributed by atoms with Gasteiger partial charge in [-0.3, -0.25) is 9.59 Å². The van der Waals surface area contributed by atoms with Gasteiger partial charge in [-0.05, 0) is 55.8 Å². The Morgan fingerprint density at radius 3 is 2.60 bits per heavy atom. The molecule has 2 heterocycles. The quantitative estimate of drug-likeness (QED) is 0.642. The number of amides is 2. The number of methoxy groups -OCH3 is 1. The zero-order valence-corrected chi connectivity index (χ0v) is 17.7. The van der Waals surface area contributed by atoms with Crippen LogP contribution in [0.25, 0.3) is 0 Å². The summed E-state index contributed by atoms with van der Waals surface area (Å²) in [6.07, 6.45) is 2.16. The average Bonchev–Trinajstić information content (AvgIpc) is 3.43. The highest BCUT2D eigenvalue weighted by Crippen LogP contribution is 2.33. The van der Waals surface area contributed by atoms with E-state index in [0.717, 1.165) is 21.9 Å². The number of ether oxygens (including phenoxy) is 1. The number of quaternary nitrogens is 1. The summed E-state index contributed by atoms with van der Waals surface area (Å²) >= 11 is 0. The Labute approximate surface area is 176 Å². The number of benzene rings is 1. The molecule has 0 bridgehead atoms. The maximum absolute atomic E-state index is 13.1. The molecule has 1 unspecified atom stereocenters. The second-order valence-corrected chi connectivity index (χ2v) is 7.16. The predicted molar refractivity (Wildman–Crippen MR) is 112 cm³/mol. The lowest BCUT2D eigenvalue weighted by Crippen LogP contribution is -3.14. The molecular formula is C22H29N4O4+. The summed E-state index contributed by atoms with van der Waals surface area (Å²) in [5.41, 5.74) is 1.75. The maximum Gasteiger partial charge on any atom is 0.298 e. The minimum Gasteiger partial charge on any atom is -0.497 e. The molecule has 2 atom stereocenters. The van der Waals surface area contributed by atoms with Crippen molar-refractivity contribution in [1.29, 1.82) is 0 Å². The fourth-order valence-corrected chi connectivity index (χ4v) is 3.49. The highest BCUT2D eigenvalue weighted by Gasteiger charge is 2.36. The molecule has 1 aliphatic heterocycles. The number of furan rings is 1. The normalized spacial score (nSPS) is 16.8. The Bertz CT molecular complexity index is 877. The average molecular weight is 413 g/mol. The van der Waals surface area contributed by atoms with Crippen molar-refractivity contribution in [2.24, 2.45) is 5.10 Å². The first-order valence-corrected chi connectivity index (χ1v) is 10.2. The van der Waals surface area contributed by atoms with Gasteiger partial charge in [0.2, 0.25) is 0 Å². The molecule has 0 saturated carbocycles. The summed E-state index contributed by atoms with van der Waals surface area (Å²) in [5, 5.41) is 8.93. The number of rotatable bonds is 9. The SMILES string of the molecule is CCNC(=O)C[NH+](CC)CC(=O)N1N=C(c2ccc(OC)cc2)C[C@@H]1c1ccco1. The van der Waals surface area contributed by atoms with Crippen LogP contribution in [0.15, 0.2) is 52.2 Å². The van der Waals surface area contributed by atoms with Gasteiger partial charge in [0.1, 0.15) is 17.6 Å². The van der Waals surface area contributed by atoms with Gasteiger partial charge in [-0.25, -0.2) is 5.01 Å². The number of nitrogens with one attached hydrogen (secondary N) is 2. The number of hydrazone groups is 1. The smallest absolute Gasteiger partial charge is 0.298 e. The Morgan fingerprint density at radius 2 is 2.00 bits per heavy atom. The van der Waals surface area contributed by atoms with Crippen molar-refractivity contribution in [2.75, 3.05) is 33.3 Å². The van der Waals surface area contributed by atoms with Gasteiger partial charge in [-0.1, -0.05) is 0 Å². The van der Waals surface area contributed by atoms with Gasteiger partial charge in [0.15, 0.2) is 13.1 Å². The van der Waals surface area contributed by atoms with Crippen LogP contribution in [0.2, 0.25) is 0 Å².